The third-order valence-electron chi connectivity index (χ3n) is 1.84. The molecule has 13 heavy (non-hydrogen) atoms. The lowest BCUT2D eigenvalue weighted by Gasteiger charge is -2.17. The van der Waals surface area contributed by atoms with Crippen molar-refractivity contribution in [1.29, 1.82) is 0 Å². The molecule has 0 atom stereocenters. The first-order chi connectivity index (χ1) is 5.94. The van der Waals surface area contributed by atoms with E-state index in [9.17, 15) is 4.79 Å². The summed E-state index contributed by atoms with van der Waals surface area (Å²) in [6.45, 7) is 7.01. The zero-order valence-electron chi connectivity index (χ0n) is 8.45. The standard InChI is InChI=1S/C9H17N3O/c1-4-11-5-6-12(8(11)13)7-9(2,3)10/h5-6H,4,7,10H2,1-3H3. The number of hydrogen-bond acceptors (Lipinski definition) is 2. The van der Waals surface area contributed by atoms with Crippen molar-refractivity contribution in [3.05, 3.63) is 22.9 Å². The Morgan fingerprint density at radius 3 is 2.31 bits per heavy atom. The number of nitrogens with zero attached hydrogens (tertiary/aromatic N) is 2. The molecule has 0 radical (unpaired) electrons. The van der Waals surface area contributed by atoms with Gasteiger partial charge in [-0.2, -0.15) is 0 Å². The lowest BCUT2D eigenvalue weighted by Crippen LogP contribution is -2.40. The van der Waals surface area contributed by atoms with Gasteiger partial charge in [-0.05, 0) is 20.8 Å². The predicted molar refractivity (Wildman–Crippen MR) is 52.6 cm³/mol. The smallest absolute Gasteiger partial charge is 0.324 e. The van der Waals surface area contributed by atoms with E-state index in [1.807, 2.05) is 20.8 Å². The maximum absolute atomic E-state index is 11.5. The first-order valence-corrected chi connectivity index (χ1v) is 4.48. The fourth-order valence-corrected chi connectivity index (χ4v) is 1.25. The van der Waals surface area contributed by atoms with Crippen molar-refractivity contribution in [2.45, 2.75) is 39.4 Å². The van der Waals surface area contributed by atoms with Crippen molar-refractivity contribution in [1.82, 2.24) is 9.13 Å². The molecule has 0 saturated heterocycles. The van der Waals surface area contributed by atoms with Crippen molar-refractivity contribution in [2.24, 2.45) is 5.73 Å². The molecule has 1 aromatic heterocycles. The molecule has 0 amide bonds. The Labute approximate surface area is 78.0 Å². The van der Waals surface area contributed by atoms with E-state index in [2.05, 4.69) is 0 Å². The third-order valence-corrected chi connectivity index (χ3v) is 1.84. The number of aryl methyl sites for hydroxylation is 1. The largest absolute Gasteiger partial charge is 0.328 e. The van der Waals surface area contributed by atoms with Crippen LogP contribution in [-0.2, 0) is 13.1 Å². The summed E-state index contributed by atoms with van der Waals surface area (Å²) in [5.74, 6) is 0. The summed E-state index contributed by atoms with van der Waals surface area (Å²) in [4.78, 5) is 11.5. The van der Waals surface area contributed by atoms with Gasteiger partial charge in [-0.15, -0.1) is 0 Å². The molecule has 74 valence electrons. The van der Waals surface area contributed by atoms with Crippen LogP contribution >= 0.6 is 0 Å². The Hall–Kier alpha value is -1.03. The fraction of sp³-hybridized carbons (Fsp3) is 0.667. The molecule has 0 unspecified atom stereocenters. The summed E-state index contributed by atoms with van der Waals surface area (Å²) in [5.41, 5.74) is 5.49. The van der Waals surface area contributed by atoms with Crippen LogP contribution in [0, 0.1) is 0 Å². The van der Waals surface area contributed by atoms with E-state index < -0.39 is 0 Å². The normalized spacial score (nSPS) is 12.0. The van der Waals surface area contributed by atoms with Crippen LogP contribution in [0.25, 0.3) is 0 Å². The first kappa shape index (κ1) is 10.1. The maximum Gasteiger partial charge on any atom is 0.328 e. The van der Waals surface area contributed by atoms with Crippen LogP contribution in [0.15, 0.2) is 17.2 Å². The Kier molecular flexibility index (Phi) is 2.61. The molecule has 0 saturated carbocycles. The van der Waals surface area contributed by atoms with Gasteiger partial charge in [0.1, 0.15) is 0 Å². The highest BCUT2D eigenvalue weighted by Gasteiger charge is 2.13. The molecule has 1 aromatic rings. The lowest BCUT2D eigenvalue weighted by molar-refractivity contribution is 0.423. The lowest BCUT2D eigenvalue weighted by atomic mass is 10.1. The van der Waals surface area contributed by atoms with Crippen LogP contribution in [0.1, 0.15) is 20.8 Å². The number of aromatic nitrogens is 2. The van der Waals surface area contributed by atoms with Gasteiger partial charge in [-0.1, -0.05) is 0 Å². The molecule has 0 aromatic carbocycles. The van der Waals surface area contributed by atoms with E-state index in [4.69, 9.17) is 5.73 Å². The fourth-order valence-electron chi connectivity index (χ4n) is 1.25. The molecule has 0 spiro atoms. The maximum atomic E-state index is 11.5. The molecule has 4 nitrogen and oxygen atoms in total. The number of rotatable bonds is 3. The third kappa shape index (κ3) is 2.45. The Bertz CT molecular complexity index is 329. The Balaban J connectivity index is 2.91. The van der Waals surface area contributed by atoms with Crippen LogP contribution in [-0.4, -0.2) is 14.7 Å². The van der Waals surface area contributed by atoms with E-state index >= 15 is 0 Å². The van der Waals surface area contributed by atoms with Gasteiger partial charge in [0.25, 0.3) is 0 Å². The van der Waals surface area contributed by atoms with E-state index in [1.165, 1.54) is 0 Å². The van der Waals surface area contributed by atoms with Gasteiger partial charge in [-0.25, -0.2) is 4.79 Å². The van der Waals surface area contributed by atoms with E-state index in [1.54, 1.807) is 21.5 Å². The number of hydrogen-bond donors (Lipinski definition) is 1. The second-order valence-electron chi connectivity index (χ2n) is 3.98. The van der Waals surface area contributed by atoms with Gasteiger partial charge < -0.3 is 5.73 Å². The zero-order chi connectivity index (χ0) is 10.1. The van der Waals surface area contributed by atoms with Crippen LogP contribution in [0.5, 0.6) is 0 Å². The molecule has 0 aliphatic heterocycles. The van der Waals surface area contributed by atoms with Gasteiger partial charge in [0.2, 0.25) is 0 Å². The van der Waals surface area contributed by atoms with Crippen molar-refractivity contribution in [3.8, 4) is 0 Å². The summed E-state index contributed by atoms with van der Waals surface area (Å²) < 4.78 is 3.30. The molecule has 0 aliphatic carbocycles. The van der Waals surface area contributed by atoms with Crippen molar-refractivity contribution < 1.29 is 0 Å². The monoisotopic (exact) mass is 183 g/mol. The van der Waals surface area contributed by atoms with Gasteiger partial charge in [0, 0.05) is 31.0 Å². The average molecular weight is 183 g/mol. The first-order valence-electron chi connectivity index (χ1n) is 4.48. The highest BCUT2D eigenvalue weighted by molar-refractivity contribution is 4.85. The molecule has 4 heteroatoms. The summed E-state index contributed by atoms with van der Waals surface area (Å²) in [5, 5.41) is 0. The Morgan fingerprint density at radius 2 is 1.92 bits per heavy atom. The Morgan fingerprint density at radius 1 is 1.38 bits per heavy atom. The molecular weight excluding hydrogens is 166 g/mol. The van der Waals surface area contributed by atoms with Crippen molar-refractivity contribution in [2.75, 3.05) is 0 Å². The minimum atomic E-state index is -0.344. The summed E-state index contributed by atoms with van der Waals surface area (Å²) in [7, 11) is 0. The van der Waals surface area contributed by atoms with Gasteiger partial charge in [0.05, 0.1) is 0 Å². The van der Waals surface area contributed by atoms with Crippen molar-refractivity contribution >= 4 is 0 Å². The van der Waals surface area contributed by atoms with E-state index in [0.29, 0.717) is 13.1 Å². The molecule has 1 heterocycles. The highest BCUT2D eigenvalue weighted by atomic mass is 16.1. The van der Waals surface area contributed by atoms with Crippen molar-refractivity contribution in [3.63, 3.8) is 0 Å². The van der Waals surface area contributed by atoms with Gasteiger partial charge in [0.15, 0.2) is 0 Å². The molecule has 1 rings (SSSR count). The second-order valence-corrected chi connectivity index (χ2v) is 3.98. The predicted octanol–water partition coefficient (Wildman–Crippen LogP) is 0.407. The summed E-state index contributed by atoms with van der Waals surface area (Å²) in [6, 6.07) is 0. The topological polar surface area (TPSA) is 52.9 Å². The quantitative estimate of drug-likeness (QED) is 0.737. The van der Waals surface area contributed by atoms with E-state index in [0.717, 1.165) is 0 Å². The van der Waals surface area contributed by atoms with Crippen LogP contribution in [0.3, 0.4) is 0 Å². The summed E-state index contributed by atoms with van der Waals surface area (Å²) in [6.07, 6.45) is 3.56. The number of nitrogens with two attached hydrogens (primary N) is 1. The van der Waals surface area contributed by atoms with Gasteiger partial charge >= 0.3 is 5.69 Å². The second kappa shape index (κ2) is 3.38. The molecule has 0 bridgehead atoms. The van der Waals surface area contributed by atoms with Gasteiger partial charge in [-0.3, -0.25) is 9.13 Å². The van der Waals surface area contributed by atoms with Crippen LogP contribution < -0.4 is 11.4 Å². The molecule has 2 N–H and O–H groups in total. The summed E-state index contributed by atoms with van der Waals surface area (Å²) >= 11 is 0. The highest BCUT2D eigenvalue weighted by Crippen LogP contribution is 1.99. The molecule has 0 fully saturated rings. The SMILES string of the molecule is CCn1ccn(CC(C)(C)N)c1=O. The minimum Gasteiger partial charge on any atom is -0.324 e. The van der Waals surface area contributed by atoms with Crippen LogP contribution in [0.4, 0.5) is 0 Å². The minimum absolute atomic E-state index is 0.0148. The molecular formula is C9H17N3O. The average Bonchev–Trinajstić information content (AvgIpc) is 2.30. The van der Waals surface area contributed by atoms with E-state index in [-0.39, 0.29) is 11.2 Å². The zero-order valence-corrected chi connectivity index (χ0v) is 8.45. The van der Waals surface area contributed by atoms with Crippen LogP contribution in [0.2, 0.25) is 0 Å². The molecule has 0 aliphatic rings. The number of imidazole rings is 1.